The summed E-state index contributed by atoms with van der Waals surface area (Å²) < 4.78 is 85.0. The molecule has 1 heterocycles. The van der Waals surface area contributed by atoms with Crippen LogP contribution in [-0.4, -0.2) is 0 Å². The van der Waals surface area contributed by atoms with Gasteiger partial charge in [-0.05, 0) is 58.2 Å². The van der Waals surface area contributed by atoms with E-state index >= 15 is 0 Å². The molecule has 0 aliphatic rings. The lowest BCUT2D eigenvalue weighted by molar-refractivity contribution is 0.672. The number of nitrogens with zero attached hydrogens (tertiary/aromatic N) is 1. The highest BCUT2D eigenvalue weighted by Gasteiger charge is 2.21. The van der Waals surface area contributed by atoms with E-state index in [-0.39, 0.29) is 16.8 Å². The lowest BCUT2D eigenvalue weighted by Gasteiger charge is -2.27. The number of fused-ring (bicyclic) bond motifs is 6. The van der Waals surface area contributed by atoms with Crippen molar-refractivity contribution in [3.05, 3.63) is 151 Å². The summed E-state index contributed by atoms with van der Waals surface area (Å²) in [6, 6.07) is 25.7. The highest BCUT2D eigenvalue weighted by atomic mass is 16.3. The summed E-state index contributed by atoms with van der Waals surface area (Å²) in [5, 5.41) is 5.14. The third-order valence-electron chi connectivity index (χ3n) is 7.20. The van der Waals surface area contributed by atoms with Crippen LogP contribution in [0.25, 0.3) is 54.6 Å². The third kappa shape index (κ3) is 3.58. The van der Waals surface area contributed by atoms with Crippen molar-refractivity contribution in [1.82, 2.24) is 0 Å². The van der Waals surface area contributed by atoms with Gasteiger partial charge in [0.25, 0.3) is 0 Å². The fourth-order valence-corrected chi connectivity index (χ4v) is 5.41. The van der Waals surface area contributed by atoms with Crippen LogP contribution in [0.15, 0.2) is 156 Å². The number of anilines is 3. The van der Waals surface area contributed by atoms with Crippen LogP contribution in [0.3, 0.4) is 0 Å². The van der Waals surface area contributed by atoms with Crippen molar-refractivity contribution in [2.24, 2.45) is 0 Å². The molecule has 0 radical (unpaired) electrons. The van der Waals surface area contributed by atoms with Crippen molar-refractivity contribution < 1.29 is 16.8 Å². The average Bonchev–Trinajstić information content (AvgIpc) is 3.52. The fourth-order valence-electron chi connectivity index (χ4n) is 5.41. The van der Waals surface area contributed by atoms with E-state index in [0.29, 0.717) is 27.9 Å². The molecule has 8 aromatic rings. The zero-order chi connectivity index (χ0) is 34.3. The van der Waals surface area contributed by atoms with Crippen molar-refractivity contribution in [3.8, 4) is 11.1 Å². The first-order chi connectivity index (χ1) is 23.6. The topological polar surface area (TPSA) is 16.4 Å². The summed E-state index contributed by atoms with van der Waals surface area (Å²) >= 11 is 0. The van der Waals surface area contributed by atoms with Gasteiger partial charge in [-0.3, -0.25) is 0 Å². The highest BCUT2D eigenvalue weighted by Crippen LogP contribution is 2.46. The van der Waals surface area contributed by atoms with Gasteiger partial charge in [0, 0.05) is 21.8 Å². The van der Waals surface area contributed by atoms with Gasteiger partial charge < -0.3 is 9.32 Å². The van der Waals surface area contributed by atoms with Crippen LogP contribution in [0.1, 0.15) is 12.3 Å². The Morgan fingerprint density at radius 3 is 1.98 bits per heavy atom. The SMILES string of the molecule is [2H]c1c([2H])c([2H])c(-c2c([2H])c([2H])c(N(c3cccc4ccccc34)c3cccc4oc5c6ccccc6ccc5c34)c([2H])c2[2H])c([2H])c1[2H]. The molecule has 40 heavy (non-hydrogen) atoms. The number of furan rings is 1. The molecule has 0 atom stereocenters. The molecule has 0 saturated heterocycles. The second kappa shape index (κ2) is 9.14. The van der Waals surface area contributed by atoms with Crippen LogP contribution in [-0.2, 0) is 0 Å². The first kappa shape index (κ1) is 15.3. The van der Waals surface area contributed by atoms with E-state index in [9.17, 15) is 2.74 Å². The number of hydrogen-bond acceptors (Lipinski definition) is 2. The zero-order valence-corrected chi connectivity index (χ0v) is 21.1. The summed E-state index contributed by atoms with van der Waals surface area (Å²) in [6.07, 6.45) is 0. The summed E-state index contributed by atoms with van der Waals surface area (Å²) in [4.78, 5) is 1.71. The van der Waals surface area contributed by atoms with E-state index < -0.39 is 54.4 Å². The lowest BCUT2D eigenvalue weighted by atomic mass is 10.0. The predicted octanol–water partition coefficient (Wildman–Crippen LogP) is 11.0. The smallest absolute Gasteiger partial charge is 0.143 e. The molecule has 2 nitrogen and oxygen atoms in total. The summed E-state index contributed by atoms with van der Waals surface area (Å²) in [7, 11) is 0. The largest absolute Gasteiger partial charge is 0.455 e. The molecule has 2 heteroatoms. The summed E-state index contributed by atoms with van der Waals surface area (Å²) in [5.74, 6) is 0. The molecule has 8 rings (SSSR count). The van der Waals surface area contributed by atoms with Crippen LogP contribution in [0.2, 0.25) is 0 Å². The molecule has 0 spiro atoms. The van der Waals surface area contributed by atoms with E-state index in [0.717, 1.165) is 26.9 Å². The Hall–Kier alpha value is -5.34. The van der Waals surface area contributed by atoms with Crippen molar-refractivity contribution in [2.45, 2.75) is 0 Å². The number of hydrogen-bond donors (Lipinski definition) is 0. The standard InChI is InChI=1S/C38H25NO/c1-2-10-26(11-3-1)27-20-23-30(24-21-27)39(34-17-8-14-28-12-4-6-15-31(28)34)35-18-9-19-36-37(35)33-25-22-29-13-5-7-16-32(29)38(33)40-36/h1-25H/i1D,2D,3D,10D,11D,20D,21D,23D,24D. The van der Waals surface area contributed by atoms with Crippen molar-refractivity contribution in [1.29, 1.82) is 0 Å². The molecule has 0 saturated carbocycles. The molecular formula is C38H25NO. The predicted molar refractivity (Wildman–Crippen MR) is 169 cm³/mol. The zero-order valence-electron chi connectivity index (χ0n) is 30.1. The maximum Gasteiger partial charge on any atom is 0.143 e. The Bertz CT molecular complexity index is 2620. The Balaban J connectivity index is 1.50. The van der Waals surface area contributed by atoms with Gasteiger partial charge in [-0.15, -0.1) is 0 Å². The van der Waals surface area contributed by atoms with E-state index in [4.69, 9.17) is 14.0 Å². The van der Waals surface area contributed by atoms with E-state index in [1.807, 2.05) is 97.1 Å². The Morgan fingerprint density at radius 2 is 1.15 bits per heavy atom. The first-order valence-electron chi connectivity index (χ1n) is 17.4. The van der Waals surface area contributed by atoms with E-state index in [1.165, 1.54) is 0 Å². The molecule has 0 amide bonds. The Kier molecular flexibility index (Phi) is 3.50. The highest BCUT2D eigenvalue weighted by molar-refractivity contribution is 6.20. The minimum atomic E-state index is -0.625. The molecule has 0 N–H and O–H groups in total. The molecular weight excluding hydrogens is 486 g/mol. The van der Waals surface area contributed by atoms with Gasteiger partial charge >= 0.3 is 0 Å². The Morgan fingerprint density at radius 1 is 0.500 bits per heavy atom. The van der Waals surface area contributed by atoms with Crippen LogP contribution in [0, 0.1) is 0 Å². The number of benzene rings is 7. The molecule has 0 fully saturated rings. The molecule has 188 valence electrons. The molecule has 0 bridgehead atoms. The maximum absolute atomic E-state index is 9.38. The lowest BCUT2D eigenvalue weighted by Crippen LogP contribution is -2.10. The second-order valence-corrected chi connectivity index (χ2v) is 9.47. The van der Waals surface area contributed by atoms with Gasteiger partial charge in [-0.25, -0.2) is 0 Å². The van der Waals surface area contributed by atoms with Crippen molar-refractivity contribution in [2.75, 3.05) is 4.90 Å². The van der Waals surface area contributed by atoms with E-state index in [2.05, 4.69) is 0 Å². The van der Waals surface area contributed by atoms with Crippen LogP contribution >= 0.6 is 0 Å². The van der Waals surface area contributed by atoms with Gasteiger partial charge in [-0.1, -0.05) is 115 Å². The van der Waals surface area contributed by atoms with Gasteiger partial charge in [0.1, 0.15) is 11.2 Å². The molecule has 1 aromatic heterocycles. The first-order valence-corrected chi connectivity index (χ1v) is 12.9. The number of rotatable bonds is 4. The normalized spacial score (nSPS) is 14.7. The molecule has 0 aliphatic heterocycles. The minimum Gasteiger partial charge on any atom is -0.455 e. The molecule has 7 aromatic carbocycles. The van der Waals surface area contributed by atoms with Crippen LogP contribution < -0.4 is 4.90 Å². The Labute approximate surface area is 245 Å². The minimum absolute atomic E-state index is 0.0647. The van der Waals surface area contributed by atoms with Gasteiger partial charge in [0.05, 0.1) is 29.1 Å². The third-order valence-corrected chi connectivity index (χ3v) is 7.20. The van der Waals surface area contributed by atoms with E-state index in [1.54, 1.807) is 4.90 Å². The summed E-state index contributed by atoms with van der Waals surface area (Å²) in [6.45, 7) is 0. The fraction of sp³-hybridized carbons (Fsp3) is 0. The van der Waals surface area contributed by atoms with Crippen LogP contribution in [0.4, 0.5) is 17.1 Å². The van der Waals surface area contributed by atoms with Gasteiger partial charge in [0.15, 0.2) is 0 Å². The van der Waals surface area contributed by atoms with Crippen molar-refractivity contribution in [3.63, 3.8) is 0 Å². The van der Waals surface area contributed by atoms with Crippen molar-refractivity contribution >= 4 is 60.5 Å². The average molecular weight is 521 g/mol. The monoisotopic (exact) mass is 520 g/mol. The van der Waals surface area contributed by atoms with Crippen LogP contribution in [0.5, 0.6) is 0 Å². The quantitative estimate of drug-likeness (QED) is 0.229. The maximum atomic E-state index is 9.38. The van der Waals surface area contributed by atoms with Gasteiger partial charge in [0.2, 0.25) is 0 Å². The summed E-state index contributed by atoms with van der Waals surface area (Å²) in [5.41, 5.74) is 1.57. The molecule has 0 aliphatic carbocycles. The molecule has 0 unspecified atom stereocenters. The van der Waals surface area contributed by atoms with Gasteiger partial charge in [-0.2, -0.15) is 0 Å². The second-order valence-electron chi connectivity index (χ2n) is 9.47.